The van der Waals surface area contributed by atoms with Crippen LogP contribution in [0.2, 0.25) is 0 Å². The number of carbonyl (C=O) groups excluding carboxylic acids is 1. The second kappa shape index (κ2) is 8.96. The van der Waals surface area contributed by atoms with Crippen molar-refractivity contribution in [1.82, 2.24) is 19.8 Å². The predicted molar refractivity (Wildman–Crippen MR) is 118 cm³/mol. The first kappa shape index (κ1) is 19.9. The number of anilines is 1. The smallest absolute Gasteiger partial charge is 0.234 e. The molecule has 0 radical (unpaired) electrons. The molecule has 2 aromatic carbocycles. The zero-order valence-corrected chi connectivity index (χ0v) is 17.5. The zero-order chi connectivity index (χ0) is 20.9. The number of carbonyl (C=O) groups is 1. The van der Waals surface area contributed by atoms with Gasteiger partial charge in [-0.3, -0.25) is 4.79 Å². The number of hydrogen-bond donors (Lipinski definition) is 1. The van der Waals surface area contributed by atoms with E-state index in [-0.39, 0.29) is 11.7 Å². The van der Waals surface area contributed by atoms with Gasteiger partial charge in [0, 0.05) is 11.3 Å². The van der Waals surface area contributed by atoms with Gasteiger partial charge in [0.15, 0.2) is 5.65 Å². The van der Waals surface area contributed by atoms with E-state index in [9.17, 15) is 4.79 Å². The molecular weight excluding hydrogens is 398 g/mol. The maximum absolute atomic E-state index is 12.3. The number of thioether (sulfide) groups is 1. The van der Waals surface area contributed by atoms with Crippen molar-refractivity contribution in [3.8, 4) is 17.0 Å². The van der Waals surface area contributed by atoms with Crippen LogP contribution >= 0.6 is 11.8 Å². The molecule has 2 aromatic heterocycles. The highest BCUT2D eigenvalue weighted by atomic mass is 32.2. The number of nitrogens with zero attached hydrogens (tertiary/aromatic N) is 4. The fourth-order valence-electron chi connectivity index (χ4n) is 3.01. The first-order valence-corrected chi connectivity index (χ1v) is 10.5. The second-order valence-electron chi connectivity index (χ2n) is 6.56. The Morgan fingerprint density at radius 3 is 2.63 bits per heavy atom. The van der Waals surface area contributed by atoms with E-state index >= 15 is 0 Å². The summed E-state index contributed by atoms with van der Waals surface area (Å²) in [5.41, 5.74) is 4.24. The van der Waals surface area contributed by atoms with Gasteiger partial charge in [-0.25, -0.2) is 0 Å². The lowest BCUT2D eigenvalue weighted by molar-refractivity contribution is -0.113. The fraction of sp³-hybridized carbons (Fsp3) is 0.182. The lowest BCUT2D eigenvalue weighted by Crippen LogP contribution is -2.14. The standard InChI is InChI=1S/C22H21N5O2S/c1-3-15-8-10-16(11-9-15)23-21(28)14-30-22-25-24-20-13-12-18(26-27(20)22)17-6-4-5-7-19(17)29-2/h4-13H,3,14H2,1-2H3,(H,23,28). The minimum atomic E-state index is -0.109. The number of hydrogen-bond acceptors (Lipinski definition) is 6. The van der Waals surface area contributed by atoms with Gasteiger partial charge < -0.3 is 10.1 Å². The van der Waals surface area contributed by atoms with Crippen LogP contribution in [0.3, 0.4) is 0 Å². The molecule has 0 saturated carbocycles. The number of benzene rings is 2. The van der Waals surface area contributed by atoms with Crippen molar-refractivity contribution >= 4 is 29.0 Å². The van der Waals surface area contributed by atoms with Gasteiger partial charge in [-0.1, -0.05) is 43.0 Å². The van der Waals surface area contributed by atoms with Crippen molar-refractivity contribution < 1.29 is 9.53 Å². The number of ether oxygens (including phenoxy) is 1. The van der Waals surface area contributed by atoms with E-state index in [1.54, 1.807) is 11.6 Å². The number of methoxy groups -OCH3 is 1. The summed E-state index contributed by atoms with van der Waals surface area (Å²) >= 11 is 1.29. The van der Waals surface area contributed by atoms with E-state index in [2.05, 4.69) is 27.5 Å². The van der Waals surface area contributed by atoms with Crippen molar-refractivity contribution in [1.29, 1.82) is 0 Å². The third kappa shape index (κ3) is 4.28. The van der Waals surface area contributed by atoms with Crippen LogP contribution in [-0.2, 0) is 11.2 Å². The van der Waals surface area contributed by atoms with E-state index in [4.69, 9.17) is 4.74 Å². The molecule has 152 valence electrons. The van der Waals surface area contributed by atoms with E-state index in [1.165, 1.54) is 17.3 Å². The van der Waals surface area contributed by atoms with Gasteiger partial charge in [0.05, 0.1) is 18.6 Å². The minimum Gasteiger partial charge on any atom is -0.496 e. The van der Waals surface area contributed by atoms with Crippen LogP contribution in [0, 0.1) is 0 Å². The number of aromatic nitrogens is 4. The van der Waals surface area contributed by atoms with E-state index < -0.39 is 0 Å². The van der Waals surface area contributed by atoms with Crippen LogP contribution in [-0.4, -0.2) is 38.6 Å². The molecule has 7 nitrogen and oxygen atoms in total. The summed E-state index contributed by atoms with van der Waals surface area (Å²) in [6.45, 7) is 2.10. The van der Waals surface area contributed by atoms with Gasteiger partial charge in [-0.2, -0.15) is 9.61 Å². The van der Waals surface area contributed by atoms with E-state index in [0.29, 0.717) is 10.8 Å². The maximum atomic E-state index is 12.3. The average molecular weight is 420 g/mol. The highest BCUT2D eigenvalue weighted by Crippen LogP contribution is 2.28. The topological polar surface area (TPSA) is 81.4 Å². The number of para-hydroxylation sites is 1. The summed E-state index contributed by atoms with van der Waals surface area (Å²) in [6, 6.07) is 19.3. The average Bonchev–Trinajstić information content (AvgIpc) is 3.20. The first-order valence-electron chi connectivity index (χ1n) is 9.55. The largest absolute Gasteiger partial charge is 0.496 e. The van der Waals surface area contributed by atoms with Crippen molar-refractivity contribution in [3.05, 3.63) is 66.2 Å². The lowest BCUT2D eigenvalue weighted by atomic mass is 10.1. The molecule has 0 bridgehead atoms. The Bertz CT molecular complexity index is 1170. The molecule has 30 heavy (non-hydrogen) atoms. The molecule has 0 atom stereocenters. The SMILES string of the molecule is CCc1ccc(NC(=O)CSc2nnc3ccc(-c4ccccc4OC)nn23)cc1. The molecular formula is C22H21N5O2S. The number of amides is 1. The van der Waals surface area contributed by atoms with Gasteiger partial charge in [-0.15, -0.1) is 10.2 Å². The quantitative estimate of drug-likeness (QED) is 0.454. The molecule has 0 unspecified atom stereocenters. The number of aryl methyl sites for hydroxylation is 1. The Labute approximate surface area is 178 Å². The fourth-order valence-corrected chi connectivity index (χ4v) is 3.70. The maximum Gasteiger partial charge on any atom is 0.234 e. The lowest BCUT2D eigenvalue weighted by Gasteiger charge is -2.08. The normalized spacial score (nSPS) is 10.9. The van der Waals surface area contributed by atoms with Crippen LogP contribution in [0.25, 0.3) is 16.9 Å². The van der Waals surface area contributed by atoms with Crippen LogP contribution in [0.5, 0.6) is 5.75 Å². The Morgan fingerprint density at radius 1 is 1.07 bits per heavy atom. The van der Waals surface area contributed by atoms with E-state index in [0.717, 1.165) is 29.1 Å². The molecule has 8 heteroatoms. The minimum absolute atomic E-state index is 0.109. The molecule has 4 aromatic rings. The summed E-state index contributed by atoms with van der Waals surface area (Å²) in [6.07, 6.45) is 0.966. The molecule has 0 saturated heterocycles. The van der Waals surface area contributed by atoms with E-state index in [1.807, 2.05) is 60.7 Å². The summed E-state index contributed by atoms with van der Waals surface area (Å²) in [7, 11) is 1.63. The number of fused-ring (bicyclic) bond motifs is 1. The van der Waals surface area contributed by atoms with Crippen molar-refractivity contribution in [2.45, 2.75) is 18.5 Å². The first-order chi connectivity index (χ1) is 14.7. The molecule has 2 heterocycles. The van der Waals surface area contributed by atoms with Crippen molar-refractivity contribution in [2.75, 3.05) is 18.2 Å². The van der Waals surface area contributed by atoms with Crippen LogP contribution in [0.1, 0.15) is 12.5 Å². The number of nitrogens with one attached hydrogen (secondary N) is 1. The van der Waals surface area contributed by atoms with Crippen LogP contribution in [0.15, 0.2) is 65.8 Å². The summed E-state index contributed by atoms with van der Waals surface area (Å²) in [5.74, 6) is 0.832. The molecule has 1 N–H and O–H groups in total. The van der Waals surface area contributed by atoms with Gasteiger partial charge >= 0.3 is 0 Å². The Kier molecular flexibility index (Phi) is 5.94. The Morgan fingerprint density at radius 2 is 1.87 bits per heavy atom. The highest BCUT2D eigenvalue weighted by molar-refractivity contribution is 7.99. The molecule has 0 aliphatic carbocycles. The number of rotatable bonds is 7. The molecule has 1 amide bonds. The molecule has 0 fully saturated rings. The monoisotopic (exact) mass is 419 g/mol. The second-order valence-corrected chi connectivity index (χ2v) is 7.50. The van der Waals surface area contributed by atoms with Gasteiger partial charge in [0.1, 0.15) is 5.75 Å². The van der Waals surface area contributed by atoms with Crippen LogP contribution in [0.4, 0.5) is 5.69 Å². The third-order valence-corrected chi connectivity index (χ3v) is 5.51. The summed E-state index contributed by atoms with van der Waals surface area (Å²) < 4.78 is 7.08. The summed E-state index contributed by atoms with van der Waals surface area (Å²) in [5, 5.41) is 16.4. The molecule has 0 spiro atoms. The summed E-state index contributed by atoms with van der Waals surface area (Å²) in [4.78, 5) is 12.3. The predicted octanol–water partition coefficient (Wildman–Crippen LogP) is 4.09. The van der Waals surface area contributed by atoms with Crippen molar-refractivity contribution in [2.24, 2.45) is 0 Å². The molecule has 4 rings (SSSR count). The van der Waals surface area contributed by atoms with Crippen LogP contribution < -0.4 is 10.1 Å². The van der Waals surface area contributed by atoms with Gasteiger partial charge in [-0.05, 0) is 48.4 Å². The van der Waals surface area contributed by atoms with Gasteiger partial charge in [0.25, 0.3) is 0 Å². The third-order valence-electron chi connectivity index (χ3n) is 4.60. The van der Waals surface area contributed by atoms with Gasteiger partial charge in [0.2, 0.25) is 11.1 Å². The Hall–Kier alpha value is -3.39. The highest BCUT2D eigenvalue weighted by Gasteiger charge is 2.13. The molecule has 0 aliphatic rings. The zero-order valence-electron chi connectivity index (χ0n) is 16.7. The Balaban J connectivity index is 1.49. The van der Waals surface area contributed by atoms with Crippen molar-refractivity contribution in [3.63, 3.8) is 0 Å². The molecule has 0 aliphatic heterocycles.